The van der Waals surface area contributed by atoms with E-state index in [1.165, 1.54) is 12.3 Å². The molecule has 0 aliphatic carbocycles. The fraction of sp³-hybridized carbons (Fsp3) is 0.333. The summed E-state index contributed by atoms with van der Waals surface area (Å²) >= 11 is 0. The molecule has 0 radical (unpaired) electrons. The third-order valence-corrected chi connectivity index (χ3v) is 2.28. The SMILES string of the molecule is CCCCC(=O)N/N=C/c1ccccc1[N+](=O)[O-]. The summed E-state index contributed by atoms with van der Waals surface area (Å²) in [5.74, 6) is -0.188. The number of nitro benzene ring substituents is 1. The van der Waals surface area contributed by atoms with Crippen molar-refractivity contribution in [2.75, 3.05) is 0 Å². The maximum Gasteiger partial charge on any atom is 0.278 e. The summed E-state index contributed by atoms with van der Waals surface area (Å²) in [4.78, 5) is 21.5. The van der Waals surface area contributed by atoms with Crippen molar-refractivity contribution in [3.05, 3.63) is 39.9 Å². The number of unbranched alkanes of at least 4 members (excludes halogenated alkanes) is 1. The van der Waals surface area contributed by atoms with Crippen LogP contribution in [0.1, 0.15) is 31.7 Å². The molecule has 6 nitrogen and oxygen atoms in total. The molecule has 0 saturated heterocycles. The number of nitrogens with zero attached hydrogens (tertiary/aromatic N) is 2. The topological polar surface area (TPSA) is 84.6 Å². The maximum absolute atomic E-state index is 11.3. The van der Waals surface area contributed by atoms with Crippen LogP contribution in [-0.4, -0.2) is 17.0 Å². The van der Waals surface area contributed by atoms with E-state index >= 15 is 0 Å². The molecule has 0 aromatic heterocycles. The summed E-state index contributed by atoms with van der Waals surface area (Å²) in [5, 5.41) is 14.4. The number of nitro groups is 1. The molecule has 0 bridgehead atoms. The zero-order valence-corrected chi connectivity index (χ0v) is 10.1. The Kier molecular flexibility index (Phi) is 5.50. The lowest BCUT2D eigenvalue weighted by Crippen LogP contribution is -2.16. The molecule has 0 aliphatic heterocycles. The predicted octanol–water partition coefficient (Wildman–Crippen LogP) is 2.24. The van der Waals surface area contributed by atoms with Gasteiger partial charge in [-0.3, -0.25) is 14.9 Å². The highest BCUT2D eigenvalue weighted by Gasteiger charge is 2.09. The molecule has 18 heavy (non-hydrogen) atoms. The molecule has 96 valence electrons. The Morgan fingerprint density at radius 2 is 2.22 bits per heavy atom. The molecular weight excluding hydrogens is 234 g/mol. The number of nitrogens with one attached hydrogen (secondary N) is 1. The zero-order valence-electron chi connectivity index (χ0n) is 10.1. The highest BCUT2D eigenvalue weighted by molar-refractivity contribution is 5.86. The van der Waals surface area contributed by atoms with E-state index in [2.05, 4.69) is 10.5 Å². The van der Waals surface area contributed by atoms with Gasteiger partial charge in [-0.25, -0.2) is 5.43 Å². The smallest absolute Gasteiger partial charge is 0.273 e. The van der Waals surface area contributed by atoms with Gasteiger partial charge in [-0.15, -0.1) is 0 Å². The van der Waals surface area contributed by atoms with Crippen LogP contribution in [0.25, 0.3) is 0 Å². The van der Waals surface area contributed by atoms with Gasteiger partial charge in [0.05, 0.1) is 16.7 Å². The summed E-state index contributed by atoms with van der Waals surface area (Å²) in [5.41, 5.74) is 2.66. The standard InChI is InChI=1S/C12H15N3O3/c1-2-3-8-12(16)14-13-9-10-6-4-5-7-11(10)15(17)18/h4-7,9H,2-3,8H2,1H3,(H,14,16)/b13-9+. The van der Waals surface area contributed by atoms with E-state index in [0.29, 0.717) is 12.0 Å². The number of benzene rings is 1. The Labute approximate surface area is 105 Å². The quantitative estimate of drug-likeness (QED) is 0.476. The number of amides is 1. The monoisotopic (exact) mass is 249 g/mol. The van der Waals surface area contributed by atoms with E-state index in [1.807, 2.05) is 6.92 Å². The second-order valence-electron chi connectivity index (χ2n) is 3.71. The molecule has 1 aromatic carbocycles. The fourth-order valence-corrected chi connectivity index (χ4v) is 1.33. The van der Waals surface area contributed by atoms with Crippen LogP contribution in [0.4, 0.5) is 5.69 Å². The number of para-hydroxylation sites is 1. The lowest BCUT2D eigenvalue weighted by Gasteiger charge is -1.98. The van der Waals surface area contributed by atoms with Crippen LogP contribution in [0.15, 0.2) is 29.4 Å². The van der Waals surface area contributed by atoms with Gasteiger partial charge in [-0.05, 0) is 12.5 Å². The molecule has 1 amide bonds. The summed E-state index contributed by atoms with van der Waals surface area (Å²) in [6.07, 6.45) is 3.42. The number of rotatable bonds is 6. The van der Waals surface area contributed by atoms with Crippen molar-refractivity contribution in [3.63, 3.8) is 0 Å². The Balaban J connectivity index is 2.62. The Hall–Kier alpha value is -2.24. The molecule has 0 fully saturated rings. The Bertz CT molecular complexity index is 458. The number of hydrazone groups is 1. The minimum absolute atomic E-state index is 0.0379. The number of carbonyl (C=O) groups is 1. The molecule has 1 N–H and O–H groups in total. The van der Waals surface area contributed by atoms with E-state index < -0.39 is 4.92 Å². The van der Waals surface area contributed by atoms with Crippen molar-refractivity contribution in [2.45, 2.75) is 26.2 Å². The van der Waals surface area contributed by atoms with E-state index in [9.17, 15) is 14.9 Å². The van der Waals surface area contributed by atoms with Crippen LogP contribution >= 0.6 is 0 Å². The summed E-state index contributed by atoms with van der Waals surface area (Å²) in [6, 6.07) is 6.21. The molecule has 0 spiro atoms. The molecule has 0 aliphatic rings. The van der Waals surface area contributed by atoms with Crippen LogP contribution in [0.3, 0.4) is 0 Å². The second-order valence-corrected chi connectivity index (χ2v) is 3.71. The van der Waals surface area contributed by atoms with Gasteiger partial charge in [0, 0.05) is 12.5 Å². The lowest BCUT2D eigenvalue weighted by atomic mass is 10.2. The molecule has 0 saturated carbocycles. The summed E-state index contributed by atoms with van der Waals surface area (Å²) in [6.45, 7) is 1.99. The summed E-state index contributed by atoms with van der Waals surface area (Å²) in [7, 11) is 0. The first-order valence-electron chi connectivity index (χ1n) is 5.70. The minimum atomic E-state index is -0.486. The number of hydrogen-bond acceptors (Lipinski definition) is 4. The maximum atomic E-state index is 11.3. The van der Waals surface area contributed by atoms with Crippen molar-refractivity contribution in [1.82, 2.24) is 5.43 Å². The first kappa shape index (κ1) is 13.8. The average Bonchev–Trinajstić information content (AvgIpc) is 2.36. The average molecular weight is 249 g/mol. The third-order valence-electron chi connectivity index (χ3n) is 2.28. The van der Waals surface area contributed by atoms with Gasteiger partial charge < -0.3 is 0 Å². The van der Waals surface area contributed by atoms with Crippen LogP contribution in [-0.2, 0) is 4.79 Å². The largest absolute Gasteiger partial charge is 0.278 e. The van der Waals surface area contributed by atoms with Gasteiger partial charge in [-0.1, -0.05) is 25.5 Å². The molecule has 1 aromatic rings. The van der Waals surface area contributed by atoms with Crippen molar-refractivity contribution in [1.29, 1.82) is 0 Å². The van der Waals surface area contributed by atoms with Crippen molar-refractivity contribution >= 4 is 17.8 Å². The highest BCUT2D eigenvalue weighted by Crippen LogP contribution is 2.14. The fourth-order valence-electron chi connectivity index (χ4n) is 1.33. The molecule has 0 heterocycles. The van der Waals surface area contributed by atoms with E-state index in [0.717, 1.165) is 12.8 Å². The first-order chi connectivity index (χ1) is 8.65. The summed E-state index contributed by atoms with van der Waals surface area (Å²) < 4.78 is 0. The van der Waals surface area contributed by atoms with Crippen molar-refractivity contribution in [2.24, 2.45) is 5.10 Å². The predicted molar refractivity (Wildman–Crippen MR) is 68.4 cm³/mol. The Morgan fingerprint density at radius 1 is 1.50 bits per heavy atom. The molecule has 0 atom stereocenters. The van der Waals surface area contributed by atoms with Crippen LogP contribution in [0.5, 0.6) is 0 Å². The Morgan fingerprint density at radius 3 is 2.89 bits per heavy atom. The third kappa shape index (κ3) is 4.32. The van der Waals surface area contributed by atoms with Crippen molar-refractivity contribution < 1.29 is 9.72 Å². The van der Waals surface area contributed by atoms with Gasteiger partial charge in [0.25, 0.3) is 5.69 Å². The number of hydrogen-bond donors (Lipinski definition) is 1. The minimum Gasteiger partial charge on any atom is -0.273 e. The molecule has 1 rings (SSSR count). The molecule has 0 unspecified atom stereocenters. The zero-order chi connectivity index (χ0) is 13.4. The van der Waals surface area contributed by atoms with Gasteiger partial charge >= 0.3 is 0 Å². The van der Waals surface area contributed by atoms with Gasteiger partial charge in [-0.2, -0.15) is 5.10 Å². The van der Waals surface area contributed by atoms with Crippen LogP contribution < -0.4 is 5.43 Å². The van der Waals surface area contributed by atoms with Crippen molar-refractivity contribution in [3.8, 4) is 0 Å². The lowest BCUT2D eigenvalue weighted by molar-refractivity contribution is -0.385. The second kappa shape index (κ2) is 7.16. The van der Waals surface area contributed by atoms with Crippen LogP contribution in [0, 0.1) is 10.1 Å². The van der Waals surface area contributed by atoms with Crippen LogP contribution in [0.2, 0.25) is 0 Å². The normalized spacial score (nSPS) is 10.5. The van der Waals surface area contributed by atoms with Gasteiger partial charge in [0.2, 0.25) is 5.91 Å². The molecular formula is C12H15N3O3. The van der Waals surface area contributed by atoms with E-state index in [-0.39, 0.29) is 11.6 Å². The number of carbonyl (C=O) groups excluding carboxylic acids is 1. The molecule has 6 heteroatoms. The first-order valence-corrected chi connectivity index (χ1v) is 5.70. The van der Waals surface area contributed by atoms with E-state index in [4.69, 9.17) is 0 Å². The van der Waals surface area contributed by atoms with Gasteiger partial charge in [0.1, 0.15) is 0 Å². The van der Waals surface area contributed by atoms with E-state index in [1.54, 1.807) is 18.2 Å². The highest BCUT2D eigenvalue weighted by atomic mass is 16.6. The van der Waals surface area contributed by atoms with Gasteiger partial charge in [0.15, 0.2) is 0 Å².